The number of carbonyl (C=O) groups excluding carboxylic acids is 3. The monoisotopic (exact) mass is 571 g/mol. The van der Waals surface area contributed by atoms with Crippen LogP contribution in [0.25, 0.3) is 0 Å². The average Bonchev–Trinajstić information content (AvgIpc) is 2.78. The Morgan fingerprint density at radius 1 is 0.973 bits per heavy atom. The predicted octanol–water partition coefficient (Wildman–Crippen LogP) is 4.03. The third-order valence-electron chi connectivity index (χ3n) is 4.65. The van der Waals surface area contributed by atoms with Gasteiger partial charge in [-0.2, -0.15) is 31.4 Å². The number of nitrogens with one attached hydrogen (secondary N) is 3. The summed E-state index contributed by atoms with van der Waals surface area (Å²) in [6, 6.07) is 0.176. The van der Waals surface area contributed by atoms with Crippen molar-refractivity contribution in [3.63, 3.8) is 0 Å². The van der Waals surface area contributed by atoms with Crippen LogP contribution in [0.15, 0.2) is 29.6 Å². The van der Waals surface area contributed by atoms with Gasteiger partial charge in [0.05, 0.1) is 21.2 Å². The first-order valence-corrected chi connectivity index (χ1v) is 10.6. The lowest BCUT2D eigenvalue weighted by atomic mass is 10.1. The Hall–Kier alpha value is -3.66. The molecule has 0 radical (unpaired) electrons. The van der Waals surface area contributed by atoms with E-state index < -0.39 is 52.3 Å². The van der Waals surface area contributed by atoms with E-state index in [4.69, 9.17) is 23.2 Å². The van der Waals surface area contributed by atoms with Crippen LogP contribution in [0, 0.1) is 5.92 Å². The van der Waals surface area contributed by atoms with Crippen LogP contribution in [0.3, 0.4) is 0 Å². The summed E-state index contributed by atoms with van der Waals surface area (Å²) in [6.45, 7) is -0.542. The summed E-state index contributed by atoms with van der Waals surface area (Å²) < 4.78 is 76.2. The third kappa shape index (κ3) is 6.76. The molecule has 10 nitrogen and oxygen atoms in total. The summed E-state index contributed by atoms with van der Waals surface area (Å²) in [6.07, 6.45) is -7.51. The van der Waals surface area contributed by atoms with E-state index in [1.54, 1.807) is 0 Å². The molecule has 1 aliphatic rings. The third-order valence-corrected chi connectivity index (χ3v) is 5.22. The Labute approximate surface area is 213 Å². The van der Waals surface area contributed by atoms with Crippen molar-refractivity contribution in [1.29, 1.82) is 0 Å². The molecule has 4 amide bonds. The fourth-order valence-electron chi connectivity index (χ4n) is 2.83. The Bertz CT molecular complexity index is 1260. The molecular weight excluding hydrogens is 559 g/mol. The number of barbiturate groups is 1. The lowest BCUT2D eigenvalue weighted by molar-refractivity contribution is -0.140. The first kappa shape index (κ1) is 27.9. The van der Waals surface area contributed by atoms with Crippen LogP contribution in [0.4, 0.5) is 42.8 Å². The first-order chi connectivity index (χ1) is 17.2. The molecule has 2 aromatic heterocycles. The fourth-order valence-corrected chi connectivity index (χ4v) is 3.27. The van der Waals surface area contributed by atoms with Crippen molar-refractivity contribution in [3.05, 3.63) is 45.7 Å². The summed E-state index contributed by atoms with van der Waals surface area (Å²) in [5.74, 6) is -4.07. The van der Waals surface area contributed by atoms with Gasteiger partial charge in [0.25, 0.3) is 0 Å². The number of hydrogen-bond acceptors (Lipinski definition) is 8. The zero-order valence-corrected chi connectivity index (χ0v) is 19.4. The van der Waals surface area contributed by atoms with Crippen LogP contribution < -0.4 is 16.1 Å². The van der Waals surface area contributed by atoms with Gasteiger partial charge >= 0.3 is 18.4 Å². The highest BCUT2D eigenvalue weighted by molar-refractivity contribution is 6.33. The van der Waals surface area contributed by atoms with E-state index in [0.717, 1.165) is 6.21 Å². The number of rotatable bonds is 7. The van der Waals surface area contributed by atoms with E-state index in [-0.39, 0.29) is 29.7 Å². The largest absolute Gasteiger partial charge is 0.417 e. The van der Waals surface area contributed by atoms with Crippen molar-refractivity contribution in [2.75, 3.05) is 23.8 Å². The van der Waals surface area contributed by atoms with E-state index >= 15 is 0 Å². The van der Waals surface area contributed by atoms with Crippen molar-refractivity contribution in [1.82, 2.24) is 20.2 Å². The van der Waals surface area contributed by atoms with Crippen LogP contribution in [-0.2, 0) is 21.9 Å². The molecular formula is C19H13Cl2F6N7O3. The van der Waals surface area contributed by atoms with E-state index in [1.807, 2.05) is 5.32 Å². The van der Waals surface area contributed by atoms with E-state index in [2.05, 4.69) is 25.8 Å². The Balaban J connectivity index is 1.63. The number of urea groups is 1. The standard InChI is InChI=1S/C19H13Cl2F6N7O3/c20-11-3-8(18(22,23)24)5-29-13(11)28-1-2-34-16(36)10(15(35)32-17(34)37)7-31-33-14-12(21)4-9(6-30-14)19(25,26)27/h3-7,10H,1-2H2,(H,28,29)(H,30,33)(H,32,35,37)/b31-7-/t10-/m0/s1. The van der Waals surface area contributed by atoms with E-state index in [9.17, 15) is 40.7 Å². The SMILES string of the molecule is O=C1NC(=O)N(CCNc2ncc(C(F)(F)F)cc2Cl)C(=O)[C@H]1/C=N\Nc1ncc(C(F)(F)F)cc1Cl. The molecule has 0 unspecified atom stereocenters. The van der Waals surface area contributed by atoms with Gasteiger partial charge < -0.3 is 5.32 Å². The van der Waals surface area contributed by atoms with Crippen molar-refractivity contribution >= 4 is 58.9 Å². The minimum absolute atomic E-state index is 0.140. The maximum Gasteiger partial charge on any atom is 0.417 e. The van der Waals surface area contributed by atoms with Gasteiger partial charge in [0.2, 0.25) is 11.8 Å². The number of nitrogens with zero attached hydrogens (tertiary/aromatic N) is 4. The maximum atomic E-state index is 12.7. The van der Waals surface area contributed by atoms with Crippen LogP contribution in [-0.4, -0.2) is 52.0 Å². The number of pyridine rings is 2. The van der Waals surface area contributed by atoms with Crippen LogP contribution in [0.5, 0.6) is 0 Å². The van der Waals surface area contributed by atoms with Crippen molar-refractivity contribution < 1.29 is 40.7 Å². The summed E-state index contributed by atoms with van der Waals surface area (Å²) in [4.78, 5) is 44.5. The Morgan fingerprint density at radius 3 is 2.03 bits per heavy atom. The van der Waals surface area contributed by atoms with Gasteiger partial charge in [0.1, 0.15) is 5.82 Å². The molecule has 3 heterocycles. The second-order valence-electron chi connectivity index (χ2n) is 7.18. The van der Waals surface area contributed by atoms with Gasteiger partial charge in [-0.05, 0) is 12.1 Å². The molecule has 1 aliphatic heterocycles. The van der Waals surface area contributed by atoms with Crippen molar-refractivity contribution in [3.8, 4) is 0 Å². The lowest BCUT2D eigenvalue weighted by Crippen LogP contribution is -2.59. The second-order valence-corrected chi connectivity index (χ2v) is 8.00. The molecule has 3 rings (SSSR count). The smallest absolute Gasteiger partial charge is 0.367 e. The first-order valence-electron chi connectivity index (χ1n) is 9.83. The predicted molar refractivity (Wildman–Crippen MR) is 118 cm³/mol. The molecule has 1 fully saturated rings. The zero-order valence-electron chi connectivity index (χ0n) is 17.9. The van der Waals surface area contributed by atoms with Gasteiger partial charge in [-0.25, -0.2) is 14.8 Å². The molecule has 37 heavy (non-hydrogen) atoms. The number of hydrazone groups is 1. The Morgan fingerprint density at radius 2 is 1.51 bits per heavy atom. The van der Waals surface area contributed by atoms with Gasteiger partial charge in [0, 0.05) is 31.7 Å². The number of imide groups is 2. The molecule has 3 N–H and O–H groups in total. The Kier molecular flexibility index (Phi) is 8.12. The van der Waals surface area contributed by atoms with E-state index in [0.29, 0.717) is 29.4 Å². The summed E-state index contributed by atoms with van der Waals surface area (Å²) in [7, 11) is 0. The normalized spacial score (nSPS) is 16.8. The zero-order chi connectivity index (χ0) is 27.5. The highest BCUT2D eigenvalue weighted by Gasteiger charge is 2.39. The van der Waals surface area contributed by atoms with E-state index in [1.165, 1.54) is 0 Å². The minimum atomic E-state index is -4.68. The summed E-state index contributed by atoms with van der Waals surface area (Å²) >= 11 is 11.5. The highest BCUT2D eigenvalue weighted by atomic mass is 35.5. The molecule has 0 bridgehead atoms. The van der Waals surface area contributed by atoms with Crippen LogP contribution in [0.1, 0.15) is 11.1 Å². The van der Waals surface area contributed by atoms with Gasteiger partial charge in [0.15, 0.2) is 11.7 Å². The number of hydrogen-bond donors (Lipinski definition) is 3. The number of alkyl halides is 6. The molecule has 0 spiro atoms. The molecule has 198 valence electrons. The minimum Gasteiger partial charge on any atom is -0.367 e. The topological polar surface area (TPSA) is 129 Å². The van der Waals surface area contributed by atoms with Crippen molar-refractivity contribution in [2.24, 2.45) is 11.0 Å². The lowest BCUT2D eigenvalue weighted by Gasteiger charge is -2.28. The number of carbonyl (C=O) groups is 3. The van der Waals surface area contributed by atoms with Crippen LogP contribution >= 0.6 is 23.2 Å². The molecule has 1 atom stereocenters. The molecule has 2 aromatic rings. The fraction of sp³-hybridized carbons (Fsp3) is 0.263. The highest BCUT2D eigenvalue weighted by Crippen LogP contribution is 2.33. The van der Waals surface area contributed by atoms with Gasteiger partial charge in [-0.3, -0.25) is 25.2 Å². The summed E-state index contributed by atoms with van der Waals surface area (Å²) in [5.41, 5.74) is 0.0196. The molecule has 1 saturated heterocycles. The van der Waals surface area contributed by atoms with Gasteiger partial charge in [-0.1, -0.05) is 23.2 Å². The average molecular weight is 572 g/mol. The van der Waals surface area contributed by atoms with Gasteiger partial charge in [-0.15, -0.1) is 0 Å². The number of aromatic nitrogens is 2. The summed E-state index contributed by atoms with van der Waals surface area (Å²) in [5, 5.41) is 7.29. The quantitative estimate of drug-likeness (QED) is 0.198. The van der Waals surface area contributed by atoms with Crippen molar-refractivity contribution in [2.45, 2.75) is 12.4 Å². The molecule has 0 aliphatic carbocycles. The number of halogens is 8. The number of amides is 4. The second kappa shape index (κ2) is 10.8. The van der Waals surface area contributed by atoms with Crippen LogP contribution in [0.2, 0.25) is 10.0 Å². The molecule has 0 saturated carbocycles. The number of anilines is 2. The molecule has 18 heteroatoms. The molecule has 0 aromatic carbocycles. The maximum absolute atomic E-state index is 12.7.